The molecule has 0 heterocycles. The molecule has 1 N–H and O–H groups in total. The Hall–Kier alpha value is -2.80. The molecule has 0 aliphatic carbocycles. The second-order valence-electron chi connectivity index (χ2n) is 5.05. The number of benzene rings is 2. The molecule has 0 unspecified atom stereocenters. The number of anilines is 1. The summed E-state index contributed by atoms with van der Waals surface area (Å²) in [5, 5.41) is 2.55. The molecule has 2 aromatic rings. The molecule has 0 bridgehead atoms. The second-order valence-corrected chi connectivity index (χ2v) is 5.48. The average Bonchev–Trinajstić information content (AvgIpc) is 2.63. The lowest BCUT2D eigenvalue weighted by molar-refractivity contribution is -0.119. The first-order chi connectivity index (χ1) is 12.4. The minimum atomic E-state index is -0.727. The fraction of sp³-hybridized carbons (Fsp3) is 0.222. The third kappa shape index (κ3) is 5.10. The van der Waals surface area contributed by atoms with Crippen LogP contribution in [-0.2, 0) is 9.53 Å². The predicted octanol–water partition coefficient (Wildman–Crippen LogP) is 3.68. The molecule has 2 rings (SSSR count). The van der Waals surface area contributed by atoms with Gasteiger partial charge in [-0.3, -0.25) is 4.79 Å². The first kappa shape index (κ1) is 19.5. The summed E-state index contributed by atoms with van der Waals surface area (Å²) in [6, 6.07) is 8.23. The highest BCUT2D eigenvalue weighted by Gasteiger charge is 2.15. The van der Waals surface area contributed by atoms with Crippen LogP contribution in [0.1, 0.15) is 17.3 Å². The standard InChI is InChI=1S/C18H17ClFNO5/c1-3-25-16-8-11(4-7-15(16)24-2)18(23)26-10-17(22)21-14-9-12(19)5-6-13(14)20/h4-9H,3,10H2,1-2H3,(H,21,22). The maximum absolute atomic E-state index is 13.6. The van der Waals surface area contributed by atoms with Crippen LogP contribution in [0.2, 0.25) is 5.02 Å². The molecule has 0 atom stereocenters. The zero-order valence-electron chi connectivity index (χ0n) is 14.2. The van der Waals surface area contributed by atoms with Gasteiger partial charge in [-0.2, -0.15) is 0 Å². The number of hydrogen-bond donors (Lipinski definition) is 1. The topological polar surface area (TPSA) is 73.9 Å². The molecule has 0 spiro atoms. The molecule has 2 aromatic carbocycles. The molecule has 0 fully saturated rings. The summed E-state index contributed by atoms with van der Waals surface area (Å²) >= 11 is 5.75. The Morgan fingerprint density at radius 3 is 2.62 bits per heavy atom. The van der Waals surface area contributed by atoms with Gasteiger partial charge >= 0.3 is 5.97 Å². The van der Waals surface area contributed by atoms with Crippen molar-refractivity contribution >= 4 is 29.2 Å². The number of hydrogen-bond acceptors (Lipinski definition) is 5. The predicted molar refractivity (Wildman–Crippen MR) is 94.5 cm³/mol. The molecular weight excluding hydrogens is 365 g/mol. The molecule has 0 aromatic heterocycles. The van der Waals surface area contributed by atoms with Crippen LogP contribution in [0.25, 0.3) is 0 Å². The third-order valence-electron chi connectivity index (χ3n) is 3.24. The lowest BCUT2D eigenvalue weighted by atomic mass is 10.2. The van der Waals surface area contributed by atoms with E-state index in [2.05, 4.69) is 5.32 Å². The van der Waals surface area contributed by atoms with Crippen LogP contribution in [0.3, 0.4) is 0 Å². The Balaban J connectivity index is 1.98. The van der Waals surface area contributed by atoms with Gasteiger partial charge < -0.3 is 19.5 Å². The highest BCUT2D eigenvalue weighted by Crippen LogP contribution is 2.28. The van der Waals surface area contributed by atoms with Crippen LogP contribution in [0, 0.1) is 5.82 Å². The zero-order valence-corrected chi connectivity index (χ0v) is 14.9. The summed E-state index contributed by atoms with van der Waals surface area (Å²) in [7, 11) is 1.48. The molecule has 0 aliphatic heterocycles. The van der Waals surface area contributed by atoms with E-state index in [4.69, 9.17) is 25.8 Å². The monoisotopic (exact) mass is 381 g/mol. The highest BCUT2D eigenvalue weighted by atomic mass is 35.5. The first-order valence-corrected chi connectivity index (χ1v) is 8.05. The van der Waals surface area contributed by atoms with E-state index in [0.29, 0.717) is 18.1 Å². The molecule has 1 amide bonds. The van der Waals surface area contributed by atoms with E-state index in [-0.39, 0.29) is 16.3 Å². The first-order valence-electron chi connectivity index (χ1n) is 7.67. The van der Waals surface area contributed by atoms with Crippen molar-refractivity contribution in [1.29, 1.82) is 0 Å². The maximum atomic E-state index is 13.6. The third-order valence-corrected chi connectivity index (χ3v) is 3.47. The fourth-order valence-corrected chi connectivity index (χ4v) is 2.24. The summed E-state index contributed by atoms with van der Waals surface area (Å²) in [6.07, 6.45) is 0. The van der Waals surface area contributed by atoms with Gasteiger partial charge in [-0.1, -0.05) is 11.6 Å². The maximum Gasteiger partial charge on any atom is 0.338 e. The van der Waals surface area contributed by atoms with Crippen LogP contribution < -0.4 is 14.8 Å². The van der Waals surface area contributed by atoms with Crippen LogP contribution in [-0.4, -0.2) is 32.2 Å². The van der Waals surface area contributed by atoms with E-state index in [1.165, 1.54) is 31.4 Å². The van der Waals surface area contributed by atoms with Crippen molar-refractivity contribution in [3.63, 3.8) is 0 Å². The second kappa shape index (κ2) is 9.05. The van der Waals surface area contributed by atoms with E-state index >= 15 is 0 Å². The van der Waals surface area contributed by atoms with Gasteiger partial charge in [-0.15, -0.1) is 0 Å². The van der Waals surface area contributed by atoms with Gasteiger partial charge in [-0.25, -0.2) is 9.18 Å². The number of nitrogens with one attached hydrogen (secondary N) is 1. The van der Waals surface area contributed by atoms with Gasteiger partial charge in [0.05, 0.1) is 25.0 Å². The quantitative estimate of drug-likeness (QED) is 0.740. The van der Waals surface area contributed by atoms with Gasteiger partial charge in [0.15, 0.2) is 18.1 Å². The van der Waals surface area contributed by atoms with Crippen LogP contribution in [0.15, 0.2) is 36.4 Å². The van der Waals surface area contributed by atoms with Gasteiger partial charge in [0, 0.05) is 5.02 Å². The molecule has 6 nitrogen and oxygen atoms in total. The average molecular weight is 382 g/mol. The summed E-state index contributed by atoms with van der Waals surface area (Å²) in [4.78, 5) is 23.9. The lowest BCUT2D eigenvalue weighted by Crippen LogP contribution is -2.21. The number of rotatable bonds is 7. The van der Waals surface area contributed by atoms with E-state index in [9.17, 15) is 14.0 Å². The van der Waals surface area contributed by atoms with Crippen molar-refractivity contribution < 1.29 is 28.2 Å². The number of esters is 1. The van der Waals surface area contributed by atoms with Crippen molar-refractivity contribution in [2.45, 2.75) is 6.92 Å². The number of halogens is 2. The van der Waals surface area contributed by atoms with Crippen molar-refractivity contribution in [2.75, 3.05) is 25.6 Å². The SMILES string of the molecule is CCOc1cc(C(=O)OCC(=O)Nc2cc(Cl)ccc2F)ccc1OC. The highest BCUT2D eigenvalue weighted by molar-refractivity contribution is 6.30. The Labute approximate surface area is 154 Å². The summed E-state index contributed by atoms with van der Waals surface area (Å²) < 4.78 is 29.0. The molecule has 8 heteroatoms. The van der Waals surface area contributed by atoms with E-state index in [0.717, 1.165) is 6.07 Å². The van der Waals surface area contributed by atoms with Crippen LogP contribution >= 0.6 is 11.6 Å². The fourth-order valence-electron chi connectivity index (χ4n) is 2.07. The summed E-state index contributed by atoms with van der Waals surface area (Å²) in [6.45, 7) is 1.60. The molecular formula is C18H17ClFNO5. The molecule has 0 aliphatic rings. The Kier molecular flexibility index (Phi) is 6.80. The molecule has 0 radical (unpaired) electrons. The number of ether oxygens (including phenoxy) is 3. The molecule has 26 heavy (non-hydrogen) atoms. The Bertz CT molecular complexity index is 812. The van der Waals surface area contributed by atoms with Gasteiger partial charge in [0.1, 0.15) is 5.82 Å². The minimum absolute atomic E-state index is 0.0957. The smallest absolute Gasteiger partial charge is 0.338 e. The van der Waals surface area contributed by atoms with E-state index in [1.54, 1.807) is 13.0 Å². The number of amides is 1. The minimum Gasteiger partial charge on any atom is -0.493 e. The Morgan fingerprint density at radius 2 is 1.92 bits per heavy atom. The Morgan fingerprint density at radius 1 is 1.15 bits per heavy atom. The lowest BCUT2D eigenvalue weighted by Gasteiger charge is -2.11. The van der Waals surface area contributed by atoms with Crippen LogP contribution in [0.4, 0.5) is 10.1 Å². The zero-order chi connectivity index (χ0) is 19.1. The van der Waals surface area contributed by atoms with Crippen molar-refractivity contribution in [1.82, 2.24) is 0 Å². The van der Waals surface area contributed by atoms with Gasteiger partial charge in [-0.05, 0) is 43.3 Å². The van der Waals surface area contributed by atoms with Crippen molar-refractivity contribution in [3.05, 3.63) is 52.8 Å². The number of carbonyl (C=O) groups excluding carboxylic acids is 2. The van der Waals surface area contributed by atoms with Gasteiger partial charge in [0.2, 0.25) is 0 Å². The van der Waals surface area contributed by atoms with Crippen LogP contribution in [0.5, 0.6) is 11.5 Å². The number of methoxy groups -OCH3 is 1. The summed E-state index contributed by atoms with van der Waals surface area (Å²) in [5.74, 6) is -1.22. The van der Waals surface area contributed by atoms with Crippen molar-refractivity contribution in [2.24, 2.45) is 0 Å². The summed E-state index contributed by atoms with van der Waals surface area (Å²) in [5.41, 5.74) is 0.0950. The normalized spacial score (nSPS) is 10.2. The largest absolute Gasteiger partial charge is 0.493 e. The molecule has 0 saturated heterocycles. The van der Waals surface area contributed by atoms with Gasteiger partial charge in [0.25, 0.3) is 5.91 Å². The van der Waals surface area contributed by atoms with E-state index < -0.39 is 24.3 Å². The number of carbonyl (C=O) groups is 2. The van der Waals surface area contributed by atoms with Crippen molar-refractivity contribution in [3.8, 4) is 11.5 Å². The van der Waals surface area contributed by atoms with E-state index in [1.807, 2.05) is 0 Å². The molecule has 138 valence electrons. The molecule has 0 saturated carbocycles.